The zero-order chi connectivity index (χ0) is 17.5. The first kappa shape index (κ1) is 17.9. The highest BCUT2D eigenvalue weighted by molar-refractivity contribution is 5.30. The molecule has 2 nitrogen and oxygen atoms in total. The van der Waals surface area contributed by atoms with Crippen LogP contribution in [0.5, 0.6) is 0 Å². The summed E-state index contributed by atoms with van der Waals surface area (Å²) in [6, 6.07) is 10.2. The highest BCUT2D eigenvalue weighted by atomic mass is 16.5. The van der Waals surface area contributed by atoms with Crippen LogP contribution in [0.2, 0.25) is 0 Å². The number of morpholine rings is 1. The van der Waals surface area contributed by atoms with E-state index in [9.17, 15) is 0 Å². The third-order valence-corrected chi connectivity index (χ3v) is 6.00. The number of ether oxygens (including phenoxy) is 1. The summed E-state index contributed by atoms with van der Waals surface area (Å²) >= 11 is 0. The lowest BCUT2D eigenvalue weighted by Crippen LogP contribution is -2.50. The molecule has 1 saturated heterocycles. The molecule has 2 fully saturated rings. The molecular formula is C22H35NO. The fraction of sp³-hybridized carbons (Fsp3) is 0.727. The molecule has 134 valence electrons. The second-order valence-corrected chi connectivity index (χ2v) is 9.30. The van der Waals surface area contributed by atoms with Crippen LogP contribution in [-0.4, -0.2) is 36.2 Å². The average molecular weight is 330 g/mol. The summed E-state index contributed by atoms with van der Waals surface area (Å²) in [6.45, 7) is 15.9. The second-order valence-electron chi connectivity index (χ2n) is 9.30. The number of nitrogens with zero attached hydrogens (tertiary/aromatic N) is 1. The molecule has 2 heteroatoms. The Morgan fingerprint density at radius 2 is 1.50 bits per heavy atom. The Bertz CT molecular complexity index is 534. The SMILES string of the molecule is CC1CN(C2CC(c3ccc(C(C)(C)C)cc3)CC2C)CC(C)O1. The molecule has 0 spiro atoms. The van der Waals surface area contributed by atoms with Gasteiger partial charge in [-0.2, -0.15) is 0 Å². The summed E-state index contributed by atoms with van der Waals surface area (Å²) in [6.07, 6.45) is 3.35. The van der Waals surface area contributed by atoms with Crippen molar-refractivity contribution in [2.75, 3.05) is 13.1 Å². The highest BCUT2D eigenvalue weighted by Crippen LogP contribution is 2.41. The molecule has 1 saturated carbocycles. The van der Waals surface area contributed by atoms with Gasteiger partial charge in [0.25, 0.3) is 0 Å². The first-order valence-electron chi connectivity index (χ1n) is 9.74. The van der Waals surface area contributed by atoms with E-state index in [0.29, 0.717) is 24.2 Å². The van der Waals surface area contributed by atoms with Crippen LogP contribution in [0.4, 0.5) is 0 Å². The van der Waals surface area contributed by atoms with E-state index in [4.69, 9.17) is 4.74 Å². The Kier molecular flexibility index (Phi) is 5.09. The van der Waals surface area contributed by atoms with Gasteiger partial charge in [-0.1, -0.05) is 52.0 Å². The monoisotopic (exact) mass is 329 g/mol. The van der Waals surface area contributed by atoms with E-state index >= 15 is 0 Å². The van der Waals surface area contributed by atoms with Crippen LogP contribution in [0.25, 0.3) is 0 Å². The summed E-state index contributed by atoms with van der Waals surface area (Å²) < 4.78 is 5.93. The standard InChI is InChI=1S/C22H35NO/c1-15-11-19(18-7-9-20(10-8-18)22(4,5)6)12-21(15)23-13-16(2)24-17(3)14-23/h7-10,15-17,19,21H,11-14H2,1-6H3. The maximum Gasteiger partial charge on any atom is 0.0678 e. The third-order valence-electron chi connectivity index (χ3n) is 6.00. The van der Waals surface area contributed by atoms with Gasteiger partial charge in [0.2, 0.25) is 0 Å². The van der Waals surface area contributed by atoms with E-state index in [1.54, 1.807) is 0 Å². The maximum atomic E-state index is 5.93. The first-order chi connectivity index (χ1) is 11.2. The van der Waals surface area contributed by atoms with Crippen molar-refractivity contribution in [2.45, 2.75) is 84.0 Å². The van der Waals surface area contributed by atoms with Gasteiger partial charge < -0.3 is 4.74 Å². The summed E-state index contributed by atoms with van der Waals surface area (Å²) in [4.78, 5) is 2.70. The number of rotatable bonds is 2. The zero-order valence-electron chi connectivity index (χ0n) is 16.4. The van der Waals surface area contributed by atoms with Gasteiger partial charge in [0.15, 0.2) is 0 Å². The molecule has 1 aromatic carbocycles. The van der Waals surface area contributed by atoms with Crippen molar-refractivity contribution in [1.82, 2.24) is 4.90 Å². The van der Waals surface area contributed by atoms with E-state index in [0.717, 1.165) is 19.0 Å². The van der Waals surface area contributed by atoms with Crippen LogP contribution in [0, 0.1) is 5.92 Å². The van der Waals surface area contributed by atoms with Crippen molar-refractivity contribution in [3.63, 3.8) is 0 Å². The predicted molar refractivity (Wildman–Crippen MR) is 102 cm³/mol. The van der Waals surface area contributed by atoms with E-state index in [1.165, 1.54) is 24.0 Å². The molecule has 5 atom stereocenters. The fourth-order valence-corrected chi connectivity index (χ4v) is 4.75. The predicted octanol–water partition coefficient (Wildman–Crippen LogP) is 4.98. The van der Waals surface area contributed by atoms with E-state index in [2.05, 4.69) is 70.7 Å². The van der Waals surface area contributed by atoms with Crippen LogP contribution in [0.3, 0.4) is 0 Å². The molecule has 1 aliphatic heterocycles. The van der Waals surface area contributed by atoms with Crippen LogP contribution in [-0.2, 0) is 10.2 Å². The Morgan fingerprint density at radius 1 is 0.917 bits per heavy atom. The molecule has 2 aliphatic rings. The van der Waals surface area contributed by atoms with Crippen LogP contribution < -0.4 is 0 Å². The lowest BCUT2D eigenvalue weighted by atomic mass is 9.85. The van der Waals surface area contributed by atoms with Crippen molar-refractivity contribution >= 4 is 0 Å². The fourth-order valence-electron chi connectivity index (χ4n) is 4.75. The molecule has 0 radical (unpaired) electrons. The number of hydrogen-bond donors (Lipinski definition) is 0. The quantitative estimate of drug-likeness (QED) is 0.759. The summed E-state index contributed by atoms with van der Waals surface area (Å²) in [5, 5.41) is 0. The van der Waals surface area contributed by atoms with Crippen LogP contribution in [0.15, 0.2) is 24.3 Å². The van der Waals surface area contributed by atoms with Crippen molar-refractivity contribution in [2.24, 2.45) is 5.92 Å². The van der Waals surface area contributed by atoms with Gasteiger partial charge in [-0.25, -0.2) is 0 Å². The van der Waals surface area contributed by atoms with Crippen molar-refractivity contribution in [3.05, 3.63) is 35.4 Å². The molecular weight excluding hydrogens is 294 g/mol. The van der Waals surface area contributed by atoms with E-state index in [-0.39, 0.29) is 5.41 Å². The minimum absolute atomic E-state index is 0.240. The summed E-state index contributed by atoms with van der Waals surface area (Å²) in [5.41, 5.74) is 3.21. The molecule has 24 heavy (non-hydrogen) atoms. The lowest BCUT2D eigenvalue weighted by molar-refractivity contribution is -0.0837. The van der Waals surface area contributed by atoms with Crippen molar-refractivity contribution in [1.29, 1.82) is 0 Å². The van der Waals surface area contributed by atoms with E-state index in [1.807, 2.05) is 0 Å². The van der Waals surface area contributed by atoms with Crippen LogP contribution in [0.1, 0.15) is 71.4 Å². The topological polar surface area (TPSA) is 12.5 Å². The van der Waals surface area contributed by atoms with Gasteiger partial charge in [-0.15, -0.1) is 0 Å². The van der Waals surface area contributed by atoms with Gasteiger partial charge in [-0.3, -0.25) is 4.90 Å². The Morgan fingerprint density at radius 3 is 2.04 bits per heavy atom. The maximum absolute atomic E-state index is 5.93. The smallest absolute Gasteiger partial charge is 0.0678 e. The average Bonchev–Trinajstić information content (AvgIpc) is 2.87. The number of hydrogen-bond acceptors (Lipinski definition) is 2. The van der Waals surface area contributed by atoms with Crippen molar-refractivity contribution in [3.8, 4) is 0 Å². The van der Waals surface area contributed by atoms with Gasteiger partial charge >= 0.3 is 0 Å². The Balaban J connectivity index is 1.69. The third kappa shape index (κ3) is 3.86. The lowest BCUT2D eigenvalue weighted by Gasteiger charge is -2.40. The molecule has 0 N–H and O–H groups in total. The second kappa shape index (κ2) is 6.80. The molecule has 1 heterocycles. The molecule has 1 aromatic rings. The highest BCUT2D eigenvalue weighted by Gasteiger charge is 2.38. The first-order valence-corrected chi connectivity index (χ1v) is 9.74. The Hall–Kier alpha value is -0.860. The summed E-state index contributed by atoms with van der Waals surface area (Å²) in [7, 11) is 0. The summed E-state index contributed by atoms with van der Waals surface area (Å²) in [5.74, 6) is 1.49. The zero-order valence-corrected chi connectivity index (χ0v) is 16.4. The van der Waals surface area contributed by atoms with Crippen LogP contribution >= 0.6 is 0 Å². The largest absolute Gasteiger partial charge is 0.373 e. The van der Waals surface area contributed by atoms with Crippen molar-refractivity contribution < 1.29 is 4.74 Å². The van der Waals surface area contributed by atoms with Gasteiger partial charge in [0, 0.05) is 19.1 Å². The minimum atomic E-state index is 0.240. The van der Waals surface area contributed by atoms with Gasteiger partial charge in [0.05, 0.1) is 12.2 Å². The van der Waals surface area contributed by atoms with E-state index < -0.39 is 0 Å². The normalized spacial score (nSPS) is 35.3. The van der Waals surface area contributed by atoms with Gasteiger partial charge in [-0.05, 0) is 55.1 Å². The molecule has 5 unspecified atom stereocenters. The number of benzene rings is 1. The molecule has 0 amide bonds. The minimum Gasteiger partial charge on any atom is -0.373 e. The molecule has 1 aliphatic carbocycles. The Labute approximate surface area is 148 Å². The molecule has 0 aromatic heterocycles. The molecule has 0 bridgehead atoms. The molecule has 3 rings (SSSR count). The van der Waals surface area contributed by atoms with Gasteiger partial charge in [0.1, 0.15) is 0 Å².